The van der Waals surface area contributed by atoms with E-state index in [1.807, 2.05) is 55.6 Å². The number of anilines is 3. The lowest BCUT2D eigenvalue weighted by molar-refractivity contribution is 0.252. The van der Waals surface area contributed by atoms with Crippen molar-refractivity contribution in [1.29, 1.82) is 0 Å². The van der Waals surface area contributed by atoms with Crippen molar-refractivity contribution in [3.63, 3.8) is 0 Å². The van der Waals surface area contributed by atoms with Crippen LogP contribution in [0.3, 0.4) is 0 Å². The predicted octanol–water partition coefficient (Wildman–Crippen LogP) is 4.40. The molecule has 0 spiro atoms. The molecule has 1 fully saturated rings. The first-order chi connectivity index (χ1) is 13.1. The van der Waals surface area contributed by atoms with Crippen LogP contribution in [-0.2, 0) is 0 Å². The molecule has 1 aliphatic rings. The molecule has 3 aromatic rings. The first kappa shape index (κ1) is 17.4. The molecule has 1 aliphatic heterocycles. The maximum Gasteiger partial charge on any atom is 0.321 e. The standard InChI is InChI=1S/C20H20N4O2S/c1-13-3-8-16(26-2)11-17(13)23-19-22-12-18(27-19)14-4-6-15(7-5-14)24-10-9-21-20(24)25/h3-8,11-12H,9-10H2,1-2H3,(H,21,25)(H,22,23). The molecular formula is C20H20N4O2S. The Bertz CT molecular complexity index is 968. The van der Waals surface area contributed by atoms with Crippen LogP contribution in [0.5, 0.6) is 5.75 Å². The summed E-state index contributed by atoms with van der Waals surface area (Å²) in [4.78, 5) is 19.1. The van der Waals surface area contributed by atoms with Crippen LogP contribution in [0.1, 0.15) is 5.56 Å². The SMILES string of the molecule is COc1ccc(C)c(Nc2ncc(-c3ccc(N4CCNC4=O)cc3)s2)c1. The fourth-order valence-corrected chi connectivity index (χ4v) is 3.80. The minimum Gasteiger partial charge on any atom is -0.497 e. The van der Waals surface area contributed by atoms with Gasteiger partial charge in [0.2, 0.25) is 0 Å². The summed E-state index contributed by atoms with van der Waals surface area (Å²) in [6, 6.07) is 13.9. The molecule has 27 heavy (non-hydrogen) atoms. The third-order valence-electron chi connectivity index (χ3n) is 4.51. The third kappa shape index (κ3) is 3.59. The van der Waals surface area contributed by atoms with Gasteiger partial charge in [-0.15, -0.1) is 0 Å². The second kappa shape index (κ2) is 7.28. The maximum absolute atomic E-state index is 11.8. The highest BCUT2D eigenvalue weighted by Crippen LogP contribution is 2.33. The molecule has 7 heteroatoms. The van der Waals surface area contributed by atoms with Crippen molar-refractivity contribution >= 4 is 33.9 Å². The van der Waals surface area contributed by atoms with Gasteiger partial charge in [0.05, 0.1) is 12.0 Å². The van der Waals surface area contributed by atoms with Crippen molar-refractivity contribution in [2.75, 3.05) is 30.4 Å². The van der Waals surface area contributed by atoms with Gasteiger partial charge < -0.3 is 15.4 Å². The second-order valence-electron chi connectivity index (χ2n) is 6.27. The number of methoxy groups -OCH3 is 1. The molecule has 4 rings (SSSR count). The predicted molar refractivity (Wildman–Crippen MR) is 109 cm³/mol. The molecule has 138 valence electrons. The number of hydrogen-bond acceptors (Lipinski definition) is 5. The number of thiazole rings is 1. The summed E-state index contributed by atoms with van der Waals surface area (Å²) in [6.07, 6.45) is 1.86. The van der Waals surface area contributed by atoms with Gasteiger partial charge in [-0.3, -0.25) is 4.90 Å². The fourth-order valence-electron chi connectivity index (χ4n) is 2.97. The maximum atomic E-state index is 11.8. The number of nitrogens with zero attached hydrogens (tertiary/aromatic N) is 2. The van der Waals surface area contributed by atoms with Gasteiger partial charge in [-0.1, -0.05) is 29.5 Å². The highest BCUT2D eigenvalue weighted by Gasteiger charge is 2.20. The van der Waals surface area contributed by atoms with Crippen LogP contribution in [-0.4, -0.2) is 31.2 Å². The van der Waals surface area contributed by atoms with Gasteiger partial charge in [0.15, 0.2) is 5.13 Å². The van der Waals surface area contributed by atoms with Crippen molar-refractivity contribution in [1.82, 2.24) is 10.3 Å². The van der Waals surface area contributed by atoms with E-state index >= 15 is 0 Å². The number of nitrogens with one attached hydrogen (secondary N) is 2. The van der Waals surface area contributed by atoms with Crippen molar-refractivity contribution in [3.05, 3.63) is 54.2 Å². The average Bonchev–Trinajstić information content (AvgIpc) is 3.33. The Kier molecular flexibility index (Phi) is 4.68. The Morgan fingerprint density at radius 2 is 2.04 bits per heavy atom. The van der Waals surface area contributed by atoms with Gasteiger partial charge in [-0.25, -0.2) is 9.78 Å². The molecule has 2 aromatic carbocycles. The third-order valence-corrected chi connectivity index (χ3v) is 5.47. The average molecular weight is 380 g/mol. The number of carbonyl (C=O) groups excluding carboxylic acids is 1. The van der Waals surface area contributed by atoms with Crippen LogP contribution in [0.4, 0.5) is 21.3 Å². The first-order valence-electron chi connectivity index (χ1n) is 8.67. The summed E-state index contributed by atoms with van der Waals surface area (Å²) in [5.41, 5.74) is 4.08. The summed E-state index contributed by atoms with van der Waals surface area (Å²) < 4.78 is 5.29. The summed E-state index contributed by atoms with van der Waals surface area (Å²) in [5.74, 6) is 0.807. The van der Waals surface area contributed by atoms with Gasteiger partial charge in [-0.2, -0.15) is 0 Å². The molecule has 0 atom stereocenters. The largest absolute Gasteiger partial charge is 0.497 e. The smallest absolute Gasteiger partial charge is 0.321 e. The Morgan fingerprint density at radius 1 is 1.22 bits per heavy atom. The van der Waals surface area contributed by atoms with Gasteiger partial charge >= 0.3 is 6.03 Å². The lowest BCUT2D eigenvalue weighted by atomic mass is 10.2. The Hall–Kier alpha value is -3.06. The molecule has 1 saturated heterocycles. The molecule has 6 nitrogen and oxygen atoms in total. The van der Waals surface area contributed by atoms with Crippen molar-refractivity contribution in [2.24, 2.45) is 0 Å². The van der Waals surface area contributed by atoms with Crippen molar-refractivity contribution in [2.45, 2.75) is 6.92 Å². The lowest BCUT2D eigenvalue weighted by Crippen LogP contribution is -2.27. The van der Waals surface area contributed by atoms with E-state index in [0.29, 0.717) is 13.1 Å². The van der Waals surface area contributed by atoms with Crippen LogP contribution in [0.25, 0.3) is 10.4 Å². The van der Waals surface area contributed by atoms with E-state index in [-0.39, 0.29) is 6.03 Å². The number of aromatic nitrogens is 1. The molecule has 2 amide bonds. The lowest BCUT2D eigenvalue weighted by Gasteiger charge is -2.14. The van der Waals surface area contributed by atoms with E-state index in [2.05, 4.69) is 15.6 Å². The number of carbonyl (C=O) groups is 1. The van der Waals surface area contributed by atoms with E-state index in [4.69, 9.17) is 4.74 Å². The van der Waals surface area contributed by atoms with Crippen LogP contribution >= 0.6 is 11.3 Å². The van der Waals surface area contributed by atoms with Crippen molar-refractivity contribution in [3.8, 4) is 16.2 Å². The van der Waals surface area contributed by atoms with Crippen molar-refractivity contribution < 1.29 is 9.53 Å². The van der Waals surface area contributed by atoms with E-state index in [1.165, 1.54) is 0 Å². The zero-order valence-electron chi connectivity index (χ0n) is 15.2. The molecule has 0 bridgehead atoms. The van der Waals surface area contributed by atoms with E-state index in [9.17, 15) is 4.79 Å². The number of rotatable bonds is 5. The van der Waals surface area contributed by atoms with Gasteiger partial charge in [0.25, 0.3) is 0 Å². The fraction of sp³-hybridized carbons (Fsp3) is 0.200. The second-order valence-corrected chi connectivity index (χ2v) is 7.30. The molecule has 1 aromatic heterocycles. The highest BCUT2D eigenvalue weighted by atomic mass is 32.1. The Balaban J connectivity index is 1.52. The highest BCUT2D eigenvalue weighted by molar-refractivity contribution is 7.18. The molecule has 0 unspecified atom stereocenters. The minimum absolute atomic E-state index is 0.0410. The zero-order chi connectivity index (χ0) is 18.8. The zero-order valence-corrected chi connectivity index (χ0v) is 16.0. The molecular weight excluding hydrogens is 360 g/mol. The van der Waals surface area contributed by atoms with E-state index in [1.54, 1.807) is 23.3 Å². The van der Waals surface area contributed by atoms with Gasteiger partial charge in [0.1, 0.15) is 5.75 Å². The summed E-state index contributed by atoms with van der Waals surface area (Å²) >= 11 is 1.59. The molecule has 2 heterocycles. The normalized spacial score (nSPS) is 13.6. The van der Waals surface area contributed by atoms with Gasteiger partial charge in [0, 0.05) is 36.7 Å². The quantitative estimate of drug-likeness (QED) is 0.688. The van der Waals surface area contributed by atoms with E-state index in [0.717, 1.165) is 38.3 Å². The number of urea groups is 1. The van der Waals surface area contributed by atoms with Crippen LogP contribution in [0.15, 0.2) is 48.7 Å². The van der Waals surface area contributed by atoms with Gasteiger partial charge in [-0.05, 0) is 36.2 Å². The number of aryl methyl sites for hydroxylation is 1. The monoisotopic (exact) mass is 380 g/mol. The van der Waals surface area contributed by atoms with Crippen LogP contribution < -0.4 is 20.3 Å². The summed E-state index contributed by atoms with van der Waals surface area (Å²) in [6.45, 7) is 3.43. The number of hydrogen-bond donors (Lipinski definition) is 2. The van der Waals surface area contributed by atoms with E-state index < -0.39 is 0 Å². The van der Waals surface area contributed by atoms with Crippen LogP contribution in [0, 0.1) is 6.92 Å². The summed E-state index contributed by atoms with van der Waals surface area (Å²) in [5, 5.41) is 7.00. The molecule has 2 N–H and O–H groups in total. The Morgan fingerprint density at radius 3 is 2.74 bits per heavy atom. The molecule has 0 saturated carbocycles. The number of ether oxygens (including phenoxy) is 1. The number of benzene rings is 2. The number of amides is 2. The minimum atomic E-state index is -0.0410. The first-order valence-corrected chi connectivity index (χ1v) is 9.49. The Labute approximate surface area is 161 Å². The van der Waals surface area contributed by atoms with Crippen LogP contribution in [0.2, 0.25) is 0 Å². The molecule has 0 aliphatic carbocycles. The topological polar surface area (TPSA) is 66.5 Å². The molecule has 0 radical (unpaired) electrons. The summed E-state index contributed by atoms with van der Waals surface area (Å²) in [7, 11) is 1.66.